The molecular formula is C76H149NO5. The lowest BCUT2D eigenvalue weighted by Crippen LogP contribution is -2.45. The number of nitrogens with one attached hydrogen (secondary N) is 1. The van der Waals surface area contributed by atoms with Gasteiger partial charge in [-0.1, -0.05) is 386 Å². The molecule has 0 bridgehead atoms. The third kappa shape index (κ3) is 67.7. The predicted octanol–water partition coefficient (Wildman–Crippen LogP) is 24.7. The summed E-state index contributed by atoms with van der Waals surface area (Å²) >= 11 is 0. The van der Waals surface area contributed by atoms with E-state index in [0.29, 0.717) is 25.9 Å². The van der Waals surface area contributed by atoms with Crippen LogP contribution in [0.25, 0.3) is 0 Å². The maximum Gasteiger partial charge on any atom is 0.305 e. The standard InChI is InChI=1S/C76H149NO5/c1-3-5-7-9-11-13-15-17-19-20-21-22-29-32-35-38-41-44-48-52-56-60-64-68-74(79)73(72-78)77-75(80)69-65-61-57-53-49-45-42-39-36-33-30-27-25-23-24-26-28-31-34-37-40-43-47-51-55-59-63-67-71-82-76(81)70-66-62-58-54-50-46-18-16-14-12-10-8-6-4-2/h23-24,73-74,78-79H,3-22,25-72H2,1-2H3,(H,77,80)/b24-23-. The van der Waals surface area contributed by atoms with Crippen LogP contribution in [0.3, 0.4) is 0 Å². The monoisotopic (exact) mass is 1160 g/mol. The van der Waals surface area contributed by atoms with Gasteiger partial charge in [0.15, 0.2) is 0 Å². The first-order valence-electron chi connectivity index (χ1n) is 37.9. The van der Waals surface area contributed by atoms with Crippen molar-refractivity contribution in [1.29, 1.82) is 0 Å². The van der Waals surface area contributed by atoms with E-state index in [2.05, 4.69) is 31.3 Å². The summed E-state index contributed by atoms with van der Waals surface area (Å²) < 4.78 is 5.50. The summed E-state index contributed by atoms with van der Waals surface area (Å²) in [4.78, 5) is 24.6. The minimum atomic E-state index is -0.665. The molecule has 0 spiro atoms. The van der Waals surface area contributed by atoms with Gasteiger partial charge < -0.3 is 20.3 Å². The Labute approximate surface area is 514 Å². The molecule has 0 aromatic carbocycles. The third-order valence-corrected chi connectivity index (χ3v) is 18.1. The maximum absolute atomic E-state index is 12.6. The molecule has 0 saturated heterocycles. The van der Waals surface area contributed by atoms with Gasteiger partial charge in [-0.05, 0) is 51.4 Å². The van der Waals surface area contributed by atoms with Crippen molar-refractivity contribution in [2.24, 2.45) is 0 Å². The smallest absolute Gasteiger partial charge is 0.305 e. The topological polar surface area (TPSA) is 95.9 Å². The van der Waals surface area contributed by atoms with E-state index in [9.17, 15) is 19.8 Å². The largest absolute Gasteiger partial charge is 0.466 e. The number of aliphatic hydroxyl groups is 2. The Morgan fingerprint density at radius 3 is 0.866 bits per heavy atom. The third-order valence-electron chi connectivity index (χ3n) is 18.1. The Morgan fingerprint density at radius 1 is 0.329 bits per heavy atom. The minimum absolute atomic E-state index is 0.0194. The lowest BCUT2D eigenvalue weighted by atomic mass is 10.0. The molecule has 0 fully saturated rings. The van der Waals surface area contributed by atoms with Crippen LogP contribution in [0.4, 0.5) is 0 Å². The van der Waals surface area contributed by atoms with E-state index in [0.717, 1.165) is 38.5 Å². The normalized spacial score (nSPS) is 12.5. The molecule has 0 saturated carbocycles. The molecule has 82 heavy (non-hydrogen) atoms. The number of rotatable bonds is 72. The van der Waals surface area contributed by atoms with Gasteiger partial charge in [-0.2, -0.15) is 0 Å². The molecule has 488 valence electrons. The van der Waals surface area contributed by atoms with Crippen molar-refractivity contribution < 1.29 is 24.5 Å². The van der Waals surface area contributed by atoms with Gasteiger partial charge in [-0.25, -0.2) is 0 Å². The second-order valence-electron chi connectivity index (χ2n) is 26.3. The van der Waals surface area contributed by atoms with Gasteiger partial charge in [0.1, 0.15) is 0 Å². The first-order valence-corrected chi connectivity index (χ1v) is 37.9. The number of allylic oxidation sites excluding steroid dienone is 2. The van der Waals surface area contributed by atoms with Crippen molar-refractivity contribution >= 4 is 11.9 Å². The van der Waals surface area contributed by atoms with Gasteiger partial charge in [-0.15, -0.1) is 0 Å². The van der Waals surface area contributed by atoms with Crippen LogP contribution in [0.1, 0.15) is 438 Å². The molecule has 2 atom stereocenters. The highest BCUT2D eigenvalue weighted by molar-refractivity contribution is 5.76. The SMILES string of the molecule is CCCCCCCCCCCCCCCCCCCCCCCCCC(O)C(CO)NC(=O)CCCCCCCCCCCCCC/C=C\CCCCCCCCCCCCCCOC(=O)CCCCCCCCCCCCCCCC. The molecule has 1 amide bonds. The van der Waals surface area contributed by atoms with Crippen LogP contribution in [0.2, 0.25) is 0 Å². The van der Waals surface area contributed by atoms with E-state index in [4.69, 9.17) is 4.74 Å². The lowest BCUT2D eigenvalue weighted by Gasteiger charge is -2.22. The van der Waals surface area contributed by atoms with Crippen LogP contribution in [-0.2, 0) is 14.3 Å². The fourth-order valence-corrected chi connectivity index (χ4v) is 12.3. The summed E-state index contributed by atoms with van der Waals surface area (Å²) in [6.45, 7) is 5.01. The summed E-state index contributed by atoms with van der Waals surface area (Å²) in [7, 11) is 0. The first-order chi connectivity index (χ1) is 40.5. The maximum atomic E-state index is 12.6. The zero-order valence-corrected chi connectivity index (χ0v) is 56.0. The number of unbranched alkanes of at least 4 members (excludes halogenated alkanes) is 59. The number of carbonyl (C=O) groups excluding carboxylic acids is 2. The number of ether oxygens (including phenoxy) is 1. The van der Waals surface area contributed by atoms with Crippen LogP contribution in [0, 0.1) is 0 Å². The highest BCUT2D eigenvalue weighted by Crippen LogP contribution is 2.20. The molecule has 6 heteroatoms. The van der Waals surface area contributed by atoms with Gasteiger partial charge in [0, 0.05) is 12.8 Å². The predicted molar refractivity (Wildman–Crippen MR) is 361 cm³/mol. The second kappa shape index (κ2) is 72.1. The zero-order chi connectivity index (χ0) is 59.2. The summed E-state index contributed by atoms with van der Waals surface area (Å²) in [5.74, 6) is -0.00985. The van der Waals surface area contributed by atoms with Crippen molar-refractivity contribution in [3.8, 4) is 0 Å². The van der Waals surface area contributed by atoms with Crippen molar-refractivity contribution in [2.45, 2.75) is 450 Å². The summed E-state index contributed by atoms with van der Waals surface area (Å²) in [5.41, 5.74) is 0. The Morgan fingerprint density at radius 2 is 0.573 bits per heavy atom. The molecule has 0 heterocycles. The van der Waals surface area contributed by atoms with Crippen LogP contribution in [0.15, 0.2) is 12.2 Å². The highest BCUT2D eigenvalue weighted by atomic mass is 16.5. The molecule has 0 aliphatic carbocycles. The van der Waals surface area contributed by atoms with Gasteiger partial charge in [0.2, 0.25) is 5.91 Å². The van der Waals surface area contributed by atoms with Crippen molar-refractivity contribution in [1.82, 2.24) is 5.32 Å². The Balaban J connectivity index is 3.37. The molecule has 3 N–H and O–H groups in total. The molecule has 2 unspecified atom stereocenters. The number of esters is 1. The molecule has 0 rings (SSSR count). The van der Waals surface area contributed by atoms with E-state index < -0.39 is 12.1 Å². The van der Waals surface area contributed by atoms with E-state index in [1.165, 1.54) is 366 Å². The van der Waals surface area contributed by atoms with Crippen LogP contribution in [-0.4, -0.2) is 47.4 Å². The average Bonchev–Trinajstić information content (AvgIpc) is 3.48. The Bertz CT molecular complexity index is 1240. The van der Waals surface area contributed by atoms with E-state index >= 15 is 0 Å². The van der Waals surface area contributed by atoms with Crippen molar-refractivity contribution in [3.05, 3.63) is 12.2 Å². The van der Waals surface area contributed by atoms with Crippen molar-refractivity contribution in [3.63, 3.8) is 0 Å². The first kappa shape index (κ1) is 80.6. The zero-order valence-electron chi connectivity index (χ0n) is 56.0. The highest BCUT2D eigenvalue weighted by Gasteiger charge is 2.20. The number of carbonyl (C=O) groups is 2. The van der Waals surface area contributed by atoms with E-state index in [-0.39, 0.29) is 18.5 Å². The average molecular weight is 1160 g/mol. The second-order valence-corrected chi connectivity index (χ2v) is 26.3. The quantitative estimate of drug-likeness (QED) is 0.0320. The van der Waals surface area contributed by atoms with Crippen molar-refractivity contribution in [2.75, 3.05) is 13.2 Å². The molecule has 6 nitrogen and oxygen atoms in total. The molecule has 0 radical (unpaired) electrons. The van der Waals surface area contributed by atoms with Gasteiger partial charge in [-0.3, -0.25) is 9.59 Å². The lowest BCUT2D eigenvalue weighted by molar-refractivity contribution is -0.143. The van der Waals surface area contributed by atoms with Crippen LogP contribution in [0.5, 0.6) is 0 Å². The molecule has 0 aliphatic rings. The summed E-state index contributed by atoms with van der Waals surface area (Å²) in [6.07, 6.45) is 90.0. The number of hydrogen-bond acceptors (Lipinski definition) is 5. The van der Waals surface area contributed by atoms with Gasteiger partial charge >= 0.3 is 5.97 Å². The Kier molecular flexibility index (Phi) is 70.8. The molecule has 0 aliphatic heterocycles. The van der Waals surface area contributed by atoms with E-state index in [1.807, 2.05) is 0 Å². The Hall–Kier alpha value is -1.40. The molecular weight excluding hydrogens is 1010 g/mol. The van der Waals surface area contributed by atoms with Gasteiger partial charge in [0.05, 0.1) is 25.4 Å². The van der Waals surface area contributed by atoms with Crippen LogP contribution >= 0.6 is 0 Å². The fourth-order valence-electron chi connectivity index (χ4n) is 12.3. The molecule has 0 aromatic rings. The molecule has 0 aromatic heterocycles. The minimum Gasteiger partial charge on any atom is -0.466 e. The summed E-state index contributed by atoms with van der Waals surface area (Å²) in [6, 6.07) is -0.542. The number of hydrogen-bond donors (Lipinski definition) is 3. The summed E-state index contributed by atoms with van der Waals surface area (Å²) in [5, 5.41) is 23.5. The fraction of sp³-hybridized carbons (Fsp3) is 0.947. The van der Waals surface area contributed by atoms with Crippen LogP contribution < -0.4 is 5.32 Å². The van der Waals surface area contributed by atoms with E-state index in [1.54, 1.807) is 0 Å². The van der Waals surface area contributed by atoms with Gasteiger partial charge in [0.25, 0.3) is 0 Å². The number of amides is 1. The number of aliphatic hydroxyl groups excluding tert-OH is 2.